The molecule has 0 radical (unpaired) electrons. The molecule has 1 unspecified atom stereocenters. The van der Waals surface area contributed by atoms with Gasteiger partial charge < -0.3 is 15.8 Å². The molecule has 0 aliphatic rings. The van der Waals surface area contributed by atoms with Crippen molar-refractivity contribution in [3.63, 3.8) is 0 Å². The van der Waals surface area contributed by atoms with Gasteiger partial charge in [-0.25, -0.2) is 4.98 Å². The second kappa shape index (κ2) is 7.94. The van der Waals surface area contributed by atoms with Crippen LogP contribution in [0.15, 0.2) is 41.5 Å². The molecule has 0 saturated carbocycles. The number of guanidine groups is 1. The monoisotopic (exact) mass is 301 g/mol. The first-order valence-corrected chi connectivity index (χ1v) is 6.97. The van der Waals surface area contributed by atoms with Gasteiger partial charge in [-0.1, -0.05) is 30.3 Å². The number of aliphatic imine (C=N–C) groups is 1. The molecule has 116 valence electrons. The predicted molar refractivity (Wildman–Crippen MR) is 83.7 cm³/mol. The Morgan fingerprint density at radius 3 is 2.91 bits per heavy atom. The fourth-order valence-corrected chi connectivity index (χ4v) is 2.11. The summed E-state index contributed by atoms with van der Waals surface area (Å²) in [5.41, 5.74) is 6.69. The van der Waals surface area contributed by atoms with E-state index in [4.69, 9.17) is 5.73 Å². The van der Waals surface area contributed by atoms with Gasteiger partial charge in [0, 0.05) is 5.92 Å². The Labute approximate surface area is 128 Å². The Morgan fingerprint density at radius 1 is 1.45 bits per heavy atom. The van der Waals surface area contributed by atoms with E-state index in [-0.39, 0.29) is 18.5 Å². The maximum Gasteiger partial charge on any atom is 0.213 e. The van der Waals surface area contributed by atoms with Gasteiger partial charge in [-0.2, -0.15) is 4.99 Å². The molecule has 1 aromatic carbocycles. The number of carbonyl (C=O) groups excluding carboxylic acids is 1. The van der Waals surface area contributed by atoms with Gasteiger partial charge in [0.05, 0.1) is 12.8 Å². The SMILES string of the molecule is NC(=Nc1cnc(C(CO)CCc2ccccc2)[nH]1)NC=O. The molecule has 7 nitrogen and oxygen atoms in total. The van der Waals surface area contributed by atoms with Crippen molar-refractivity contribution in [1.82, 2.24) is 15.3 Å². The minimum Gasteiger partial charge on any atom is -0.396 e. The smallest absolute Gasteiger partial charge is 0.213 e. The van der Waals surface area contributed by atoms with E-state index in [1.54, 1.807) is 0 Å². The number of hydrogen-bond donors (Lipinski definition) is 4. The number of aliphatic hydroxyl groups is 1. The zero-order valence-electron chi connectivity index (χ0n) is 12.1. The molecule has 1 amide bonds. The topological polar surface area (TPSA) is 116 Å². The standard InChI is InChI=1S/C15H19N5O2/c16-15(18-10-22)20-13-8-17-14(19-13)12(9-21)7-6-11-4-2-1-3-5-11/h1-5,8,10,12,21H,6-7,9H2,(H,17,19)(H3,16,18,20,22). The van der Waals surface area contributed by atoms with Gasteiger partial charge in [0.1, 0.15) is 5.82 Å². The second-order valence-corrected chi connectivity index (χ2v) is 4.82. The Bertz CT molecular complexity index is 624. The van der Waals surface area contributed by atoms with E-state index in [1.165, 1.54) is 11.8 Å². The van der Waals surface area contributed by atoms with Gasteiger partial charge in [0.2, 0.25) is 12.4 Å². The lowest BCUT2D eigenvalue weighted by Crippen LogP contribution is -2.29. The van der Waals surface area contributed by atoms with Crippen LogP contribution in [0.1, 0.15) is 23.7 Å². The van der Waals surface area contributed by atoms with Crippen molar-refractivity contribution in [3.8, 4) is 0 Å². The summed E-state index contributed by atoms with van der Waals surface area (Å²) in [4.78, 5) is 21.4. The molecule has 2 rings (SSSR count). The number of amides is 1. The largest absolute Gasteiger partial charge is 0.396 e. The van der Waals surface area contributed by atoms with E-state index in [0.717, 1.165) is 12.8 Å². The highest BCUT2D eigenvalue weighted by Crippen LogP contribution is 2.21. The molecule has 0 saturated heterocycles. The zero-order chi connectivity index (χ0) is 15.8. The molecule has 0 bridgehead atoms. The highest BCUT2D eigenvalue weighted by molar-refractivity contribution is 5.88. The van der Waals surface area contributed by atoms with Crippen molar-refractivity contribution in [2.45, 2.75) is 18.8 Å². The number of imidazole rings is 1. The van der Waals surface area contributed by atoms with Crippen LogP contribution in [-0.4, -0.2) is 34.1 Å². The number of aryl methyl sites for hydroxylation is 1. The summed E-state index contributed by atoms with van der Waals surface area (Å²) in [7, 11) is 0. The van der Waals surface area contributed by atoms with Crippen LogP contribution in [0.5, 0.6) is 0 Å². The zero-order valence-corrected chi connectivity index (χ0v) is 12.1. The number of aromatic amines is 1. The van der Waals surface area contributed by atoms with Crippen molar-refractivity contribution >= 4 is 18.2 Å². The van der Waals surface area contributed by atoms with E-state index in [2.05, 4.69) is 32.4 Å². The maximum atomic E-state index is 10.3. The van der Waals surface area contributed by atoms with Crippen LogP contribution in [0.3, 0.4) is 0 Å². The van der Waals surface area contributed by atoms with E-state index in [1.807, 2.05) is 18.2 Å². The number of nitrogens with zero attached hydrogens (tertiary/aromatic N) is 2. The summed E-state index contributed by atoms with van der Waals surface area (Å²) in [6.45, 7) is -0.00836. The first kappa shape index (κ1) is 15.7. The minimum absolute atomic E-state index is 0.00836. The lowest BCUT2D eigenvalue weighted by atomic mass is 9.99. The third kappa shape index (κ3) is 4.42. The number of nitrogens with one attached hydrogen (secondary N) is 2. The van der Waals surface area contributed by atoms with Gasteiger partial charge >= 0.3 is 0 Å². The molecule has 7 heteroatoms. The fourth-order valence-electron chi connectivity index (χ4n) is 2.11. The number of carbonyl (C=O) groups is 1. The maximum absolute atomic E-state index is 10.3. The summed E-state index contributed by atoms with van der Waals surface area (Å²) in [6, 6.07) is 10.1. The van der Waals surface area contributed by atoms with Gasteiger partial charge in [0.15, 0.2) is 5.82 Å². The molecule has 22 heavy (non-hydrogen) atoms. The van der Waals surface area contributed by atoms with Gasteiger partial charge in [-0.3, -0.25) is 10.1 Å². The molecule has 0 spiro atoms. The van der Waals surface area contributed by atoms with E-state index < -0.39 is 0 Å². The third-order valence-electron chi connectivity index (χ3n) is 3.26. The van der Waals surface area contributed by atoms with Crippen LogP contribution < -0.4 is 11.1 Å². The molecule has 2 aromatic rings. The number of benzene rings is 1. The molecule has 0 aliphatic heterocycles. The summed E-state index contributed by atoms with van der Waals surface area (Å²) < 4.78 is 0. The fraction of sp³-hybridized carbons (Fsp3) is 0.267. The normalized spacial score (nSPS) is 12.9. The number of hydrogen-bond acceptors (Lipinski definition) is 4. The number of aliphatic hydroxyl groups excluding tert-OH is 1. The van der Waals surface area contributed by atoms with Crippen LogP contribution >= 0.6 is 0 Å². The highest BCUT2D eigenvalue weighted by atomic mass is 16.3. The van der Waals surface area contributed by atoms with Crippen LogP contribution in [0.2, 0.25) is 0 Å². The lowest BCUT2D eigenvalue weighted by molar-refractivity contribution is -0.108. The molecule has 1 aromatic heterocycles. The Kier molecular flexibility index (Phi) is 5.67. The van der Waals surface area contributed by atoms with Gasteiger partial charge in [-0.05, 0) is 18.4 Å². The Morgan fingerprint density at radius 2 is 2.23 bits per heavy atom. The second-order valence-electron chi connectivity index (χ2n) is 4.82. The average Bonchev–Trinajstić information content (AvgIpc) is 2.97. The van der Waals surface area contributed by atoms with Crippen molar-refractivity contribution in [1.29, 1.82) is 0 Å². The molecule has 5 N–H and O–H groups in total. The van der Waals surface area contributed by atoms with E-state index in [9.17, 15) is 9.90 Å². The first-order valence-electron chi connectivity index (χ1n) is 6.97. The van der Waals surface area contributed by atoms with Crippen molar-refractivity contribution in [3.05, 3.63) is 47.9 Å². The Hall–Kier alpha value is -2.67. The van der Waals surface area contributed by atoms with Crippen molar-refractivity contribution in [2.24, 2.45) is 10.7 Å². The average molecular weight is 301 g/mol. The summed E-state index contributed by atoms with van der Waals surface area (Å²) in [5, 5.41) is 11.8. The van der Waals surface area contributed by atoms with Crippen LogP contribution in [0.4, 0.5) is 5.82 Å². The number of nitrogens with two attached hydrogens (primary N) is 1. The summed E-state index contributed by atoms with van der Waals surface area (Å²) in [5.74, 6) is 0.954. The quantitative estimate of drug-likeness (QED) is 0.344. The highest BCUT2D eigenvalue weighted by Gasteiger charge is 2.14. The summed E-state index contributed by atoms with van der Waals surface area (Å²) >= 11 is 0. The number of H-pyrrole nitrogens is 1. The van der Waals surface area contributed by atoms with Crippen LogP contribution in [0, 0.1) is 0 Å². The molecular formula is C15H19N5O2. The van der Waals surface area contributed by atoms with E-state index >= 15 is 0 Å². The van der Waals surface area contributed by atoms with Gasteiger partial charge in [-0.15, -0.1) is 0 Å². The minimum atomic E-state index is -0.107. The van der Waals surface area contributed by atoms with Crippen molar-refractivity contribution < 1.29 is 9.90 Å². The molecule has 1 atom stereocenters. The molecule has 1 heterocycles. The van der Waals surface area contributed by atoms with Gasteiger partial charge in [0.25, 0.3) is 0 Å². The lowest BCUT2D eigenvalue weighted by Gasteiger charge is -2.11. The third-order valence-corrected chi connectivity index (χ3v) is 3.26. The number of rotatable bonds is 7. The predicted octanol–water partition coefficient (Wildman–Crippen LogP) is 0.811. The van der Waals surface area contributed by atoms with Crippen LogP contribution in [-0.2, 0) is 11.2 Å². The first-order chi connectivity index (χ1) is 10.7. The molecule has 0 fully saturated rings. The van der Waals surface area contributed by atoms with E-state index in [0.29, 0.717) is 18.1 Å². The Balaban J connectivity index is 2.00. The molecule has 0 aliphatic carbocycles. The molecular weight excluding hydrogens is 282 g/mol. The van der Waals surface area contributed by atoms with Crippen LogP contribution in [0.25, 0.3) is 0 Å². The summed E-state index contributed by atoms with van der Waals surface area (Å²) in [6.07, 6.45) is 3.58. The van der Waals surface area contributed by atoms with Crippen molar-refractivity contribution in [2.75, 3.05) is 6.61 Å². The number of aromatic nitrogens is 2.